The fourth-order valence-corrected chi connectivity index (χ4v) is 2.79. The molecule has 0 saturated carbocycles. The second-order valence-corrected chi connectivity index (χ2v) is 5.92. The molecular formula is C16H26BrN. The third-order valence-corrected chi connectivity index (χ3v) is 3.84. The maximum atomic E-state index is 3.69. The van der Waals surface area contributed by atoms with Crippen LogP contribution in [0.25, 0.3) is 0 Å². The molecule has 1 nitrogen and oxygen atoms in total. The van der Waals surface area contributed by atoms with Gasteiger partial charge in [0.25, 0.3) is 0 Å². The predicted octanol–water partition coefficient (Wildman–Crippen LogP) is 5.38. The third-order valence-electron chi connectivity index (χ3n) is 3.34. The average Bonchev–Trinajstić information content (AvgIpc) is 2.34. The third kappa shape index (κ3) is 5.11. The van der Waals surface area contributed by atoms with Crippen LogP contribution in [0.15, 0.2) is 22.7 Å². The number of aryl methyl sites for hydroxylation is 1. The highest BCUT2D eigenvalue weighted by molar-refractivity contribution is 9.10. The van der Waals surface area contributed by atoms with Crippen LogP contribution in [0.4, 0.5) is 0 Å². The second kappa shape index (κ2) is 8.71. The molecule has 0 saturated heterocycles. The zero-order valence-corrected chi connectivity index (χ0v) is 13.5. The van der Waals surface area contributed by atoms with E-state index in [0.717, 1.165) is 6.54 Å². The van der Waals surface area contributed by atoms with Gasteiger partial charge >= 0.3 is 0 Å². The van der Waals surface area contributed by atoms with Gasteiger partial charge in [0.1, 0.15) is 0 Å². The molecule has 1 atom stereocenters. The Morgan fingerprint density at radius 2 is 1.94 bits per heavy atom. The van der Waals surface area contributed by atoms with Crippen molar-refractivity contribution >= 4 is 15.9 Å². The molecule has 2 heteroatoms. The molecule has 0 aliphatic rings. The fourth-order valence-electron chi connectivity index (χ4n) is 2.31. The van der Waals surface area contributed by atoms with E-state index in [0.29, 0.717) is 6.04 Å². The normalized spacial score (nSPS) is 12.7. The highest BCUT2D eigenvalue weighted by atomic mass is 79.9. The number of benzene rings is 1. The fraction of sp³-hybridized carbons (Fsp3) is 0.625. The van der Waals surface area contributed by atoms with Crippen LogP contribution in [0.1, 0.15) is 63.1 Å². The molecule has 0 amide bonds. The van der Waals surface area contributed by atoms with Crippen molar-refractivity contribution in [2.45, 2.75) is 58.9 Å². The van der Waals surface area contributed by atoms with Crippen LogP contribution in [0.5, 0.6) is 0 Å². The summed E-state index contributed by atoms with van der Waals surface area (Å²) >= 11 is 3.54. The van der Waals surface area contributed by atoms with E-state index in [9.17, 15) is 0 Å². The van der Waals surface area contributed by atoms with Crippen LogP contribution in [-0.2, 0) is 0 Å². The average molecular weight is 312 g/mol. The van der Waals surface area contributed by atoms with Gasteiger partial charge in [-0.15, -0.1) is 0 Å². The van der Waals surface area contributed by atoms with Crippen molar-refractivity contribution in [3.8, 4) is 0 Å². The minimum Gasteiger partial charge on any atom is -0.310 e. The summed E-state index contributed by atoms with van der Waals surface area (Å²) in [4.78, 5) is 0. The standard InChI is InChI=1S/C16H26BrN/c1-4-6-7-8-16(18-11-5-2)15-10-9-14(17)12-13(15)3/h9-10,12,16,18H,4-8,11H2,1-3H3. The lowest BCUT2D eigenvalue weighted by Crippen LogP contribution is -2.22. The van der Waals surface area contributed by atoms with E-state index in [1.165, 1.54) is 47.7 Å². The molecule has 1 aromatic carbocycles. The lowest BCUT2D eigenvalue weighted by atomic mass is 9.96. The summed E-state index contributed by atoms with van der Waals surface area (Å²) in [5, 5.41) is 3.69. The van der Waals surface area contributed by atoms with Gasteiger partial charge in [-0.25, -0.2) is 0 Å². The molecule has 1 rings (SSSR count). The van der Waals surface area contributed by atoms with Crippen LogP contribution in [-0.4, -0.2) is 6.54 Å². The molecule has 0 aromatic heterocycles. The molecule has 0 spiro atoms. The summed E-state index contributed by atoms with van der Waals surface area (Å²) in [6.07, 6.45) is 6.38. The van der Waals surface area contributed by atoms with Gasteiger partial charge in [0.2, 0.25) is 0 Å². The Kier molecular flexibility index (Phi) is 7.60. The van der Waals surface area contributed by atoms with Gasteiger partial charge in [-0.3, -0.25) is 0 Å². The highest BCUT2D eigenvalue weighted by Crippen LogP contribution is 2.25. The van der Waals surface area contributed by atoms with Gasteiger partial charge < -0.3 is 5.32 Å². The topological polar surface area (TPSA) is 12.0 Å². The molecule has 0 aliphatic carbocycles. The Morgan fingerprint density at radius 3 is 2.56 bits per heavy atom. The minimum atomic E-state index is 0.518. The van der Waals surface area contributed by atoms with Crippen molar-refractivity contribution in [1.29, 1.82) is 0 Å². The van der Waals surface area contributed by atoms with Gasteiger partial charge in [-0.05, 0) is 49.6 Å². The first-order valence-corrected chi connectivity index (χ1v) is 7.97. The van der Waals surface area contributed by atoms with Gasteiger partial charge in [0.15, 0.2) is 0 Å². The van der Waals surface area contributed by atoms with Crippen molar-refractivity contribution in [3.05, 3.63) is 33.8 Å². The van der Waals surface area contributed by atoms with Gasteiger partial charge in [-0.2, -0.15) is 0 Å². The Morgan fingerprint density at radius 1 is 1.17 bits per heavy atom. The number of unbranched alkanes of at least 4 members (excludes halogenated alkanes) is 2. The lowest BCUT2D eigenvalue weighted by molar-refractivity contribution is 0.473. The Hall–Kier alpha value is -0.340. The van der Waals surface area contributed by atoms with Crippen LogP contribution in [0.2, 0.25) is 0 Å². The summed E-state index contributed by atoms with van der Waals surface area (Å²) in [7, 11) is 0. The summed E-state index contributed by atoms with van der Waals surface area (Å²) in [5.74, 6) is 0. The first-order valence-electron chi connectivity index (χ1n) is 7.18. The second-order valence-electron chi connectivity index (χ2n) is 5.00. The van der Waals surface area contributed by atoms with Crippen LogP contribution in [0.3, 0.4) is 0 Å². The van der Waals surface area contributed by atoms with Crippen molar-refractivity contribution in [2.75, 3.05) is 6.54 Å². The molecule has 0 radical (unpaired) electrons. The monoisotopic (exact) mass is 311 g/mol. The van der Waals surface area contributed by atoms with E-state index in [4.69, 9.17) is 0 Å². The molecule has 18 heavy (non-hydrogen) atoms. The number of rotatable bonds is 8. The van der Waals surface area contributed by atoms with Gasteiger partial charge in [0, 0.05) is 10.5 Å². The molecule has 102 valence electrons. The largest absolute Gasteiger partial charge is 0.310 e. The minimum absolute atomic E-state index is 0.518. The lowest BCUT2D eigenvalue weighted by Gasteiger charge is -2.21. The molecular weight excluding hydrogens is 286 g/mol. The molecule has 1 aromatic rings. The van der Waals surface area contributed by atoms with Crippen LogP contribution in [0, 0.1) is 6.92 Å². The van der Waals surface area contributed by atoms with E-state index < -0.39 is 0 Å². The Labute approximate surface area is 120 Å². The van der Waals surface area contributed by atoms with Crippen LogP contribution >= 0.6 is 15.9 Å². The van der Waals surface area contributed by atoms with E-state index in [1.54, 1.807) is 0 Å². The molecule has 0 heterocycles. The van der Waals surface area contributed by atoms with Crippen molar-refractivity contribution in [3.63, 3.8) is 0 Å². The first kappa shape index (κ1) is 15.7. The smallest absolute Gasteiger partial charge is 0.0322 e. The van der Waals surface area contributed by atoms with E-state index in [2.05, 4.69) is 60.2 Å². The summed E-state index contributed by atoms with van der Waals surface area (Å²) < 4.78 is 1.17. The number of halogens is 1. The maximum absolute atomic E-state index is 3.69. The van der Waals surface area contributed by atoms with Crippen LogP contribution < -0.4 is 5.32 Å². The van der Waals surface area contributed by atoms with Crippen molar-refractivity contribution in [1.82, 2.24) is 5.32 Å². The molecule has 1 N–H and O–H groups in total. The predicted molar refractivity (Wildman–Crippen MR) is 84.1 cm³/mol. The summed E-state index contributed by atoms with van der Waals surface area (Å²) in [6, 6.07) is 7.15. The molecule has 0 fully saturated rings. The van der Waals surface area contributed by atoms with Crippen molar-refractivity contribution in [2.24, 2.45) is 0 Å². The zero-order chi connectivity index (χ0) is 13.4. The van der Waals surface area contributed by atoms with Gasteiger partial charge in [-0.1, -0.05) is 55.1 Å². The van der Waals surface area contributed by atoms with Gasteiger partial charge in [0.05, 0.1) is 0 Å². The quantitative estimate of drug-likeness (QED) is 0.636. The number of nitrogens with one attached hydrogen (secondary N) is 1. The SMILES string of the molecule is CCCCCC(NCCC)c1ccc(Br)cc1C. The first-order chi connectivity index (χ1) is 8.69. The van der Waals surface area contributed by atoms with E-state index in [-0.39, 0.29) is 0 Å². The van der Waals surface area contributed by atoms with E-state index in [1.807, 2.05) is 0 Å². The number of hydrogen-bond donors (Lipinski definition) is 1. The highest BCUT2D eigenvalue weighted by Gasteiger charge is 2.12. The Balaban J connectivity index is 2.73. The number of hydrogen-bond acceptors (Lipinski definition) is 1. The van der Waals surface area contributed by atoms with Crippen molar-refractivity contribution < 1.29 is 0 Å². The molecule has 1 unspecified atom stereocenters. The maximum Gasteiger partial charge on any atom is 0.0322 e. The summed E-state index contributed by atoms with van der Waals surface area (Å²) in [5.41, 5.74) is 2.84. The zero-order valence-electron chi connectivity index (χ0n) is 11.9. The molecule has 0 aliphatic heterocycles. The summed E-state index contributed by atoms with van der Waals surface area (Å²) in [6.45, 7) is 7.80. The molecule has 0 bridgehead atoms. The van der Waals surface area contributed by atoms with E-state index >= 15 is 0 Å². The Bertz CT molecular complexity index is 349.